The van der Waals surface area contributed by atoms with Crippen molar-refractivity contribution in [3.8, 4) is 0 Å². The van der Waals surface area contributed by atoms with E-state index in [1.165, 1.54) is 0 Å². The van der Waals surface area contributed by atoms with Crippen molar-refractivity contribution in [2.75, 3.05) is 31.2 Å². The van der Waals surface area contributed by atoms with Crippen LogP contribution in [0.2, 0.25) is 0 Å². The van der Waals surface area contributed by atoms with Gasteiger partial charge in [0.1, 0.15) is 0 Å². The minimum Gasteiger partial charge on any atom is -0.396 e. The van der Waals surface area contributed by atoms with Crippen LogP contribution in [-0.2, 0) is 4.79 Å². The molecule has 1 fully saturated rings. The Balaban J connectivity index is 1.97. The number of hydrogen-bond acceptors (Lipinski definition) is 4. The number of carbonyl (C=O) groups is 1. The Kier molecular flexibility index (Phi) is 6.54. The number of thioether (sulfide) groups is 1. The summed E-state index contributed by atoms with van der Waals surface area (Å²) in [6, 6.07) is 9.61. The molecule has 1 aliphatic heterocycles. The molecule has 1 amide bonds. The van der Waals surface area contributed by atoms with E-state index >= 15 is 0 Å². The van der Waals surface area contributed by atoms with Gasteiger partial charge in [0.25, 0.3) is 0 Å². The first-order valence-corrected chi connectivity index (χ1v) is 8.66. The summed E-state index contributed by atoms with van der Waals surface area (Å²) in [5, 5.41) is 12.3. The maximum absolute atomic E-state index is 12.5. The second-order valence-corrected chi connectivity index (χ2v) is 6.53. The Morgan fingerprint density at radius 2 is 2.00 bits per heavy atom. The lowest BCUT2D eigenvalue weighted by atomic mass is 10.0. The lowest BCUT2D eigenvalue weighted by Crippen LogP contribution is -2.49. The molecule has 0 spiro atoms. The van der Waals surface area contributed by atoms with Crippen LogP contribution in [0.5, 0.6) is 0 Å². The summed E-state index contributed by atoms with van der Waals surface area (Å²) in [4.78, 5) is 14.7. The third-order valence-electron chi connectivity index (χ3n) is 3.91. The first-order chi connectivity index (χ1) is 10.2. The molecule has 2 atom stereocenters. The highest BCUT2D eigenvalue weighted by molar-refractivity contribution is 7.99. The number of hydrogen-bond donors (Lipinski definition) is 2. The van der Waals surface area contributed by atoms with E-state index in [2.05, 4.69) is 10.2 Å². The first-order valence-electron chi connectivity index (χ1n) is 7.50. The highest BCUT2D eigenvalue weighted by atomic mass is 32.2. The van der Waals surface area contributed by atoms with Gasteiger partial charge in [0.05, 0.1) is 12.1 Å². The predicted octanol–water partition coefficient (Wildman–Crippen LogP) is 1.66. The van der Waals surface area contributed by atoms with Gasteiger partial charge < -0.3 is 10.4 Å². The molecule has 1 aliphatic rings. The molecule has 1 heterocycles. The fourth-order valence-corrected chi connectivity index (χ4v) is 3.49. The van der Waals surface area contributed by atoms with Crippen molar-refractivity contribution in [3.63, 3.8) is 0 Å². The summed E-state index contributed by atoms with van der Waals surface area (Å²) < 4.78 is 0. The largest absolute Gasteiger partial charge is 0.396 e. The van der Waals surface area contributed by atoms with Crippen molar-refractivity contribution >= 4 is 17.7 Å². The molecule has 0 aliphatic carbocycles. The SMILES string of the molecule is C[C@H](C(=O)N[C@@H](CCO)c1ccccc1)N1CCSCC1. The molecule has 4 nitrogen and oxygen atoms in total. The van der Waals surface area contributed by atoms with E-state index in [-0.39, 0.29) is 24.6 Å². The van der Waals surface area contributed by atoms with Gasteiger partial charge in [-0.2, -0.15) is 11.8 Å². The third-order valence-corrected chi connectivity index (χ3v) is 4.85. The molecule has 2 N–H and O–H groups in total. The summed E-state index contributed by atoms with van der Waals surface area (Å²) in [6.45, 7) is 3.96. The van der Waals surface area contributed by atoms with Gasteiger partial charge in [0.2, 0.25) is 5.91 Å². The Labute approximate surface area is 130 Å². The van der Waals surface area contributed by atoms with Gasteiger partial charge in [-0.1, -0.05) is 30.3 Å². The van der Waals surface area contributed by atoms with Crippen molar-refractivity contribution in [3.05, 3.63) is 35.9 Å². The third kappa shape index (κ3) is 4.73. The van der Waals surface area contributed by atoms with E-state index in [9.17, 15) is 9.90 Å². The molecule has 1 saturated heterocycles. The lowest BCUT2D eigenvalue weighted by molar-refractivity contribution is -0.126. The summed E-state index contributed by atoms with van der Waals surface area (Å²) in [6.07, 6.45) is 0.540. The van der Waals surface area contributed by atoms with Gasteiger partial charge in [-0.05, 0) is 18.9 Å². The zero-order chi connectivity index (χ0) is 15.1. The highest BCUT2D eigenvalue weighted by Gasteiger charge is 2.25. The maximum Gasteiger partial charge on any atom is 0.237 e. The number of aliphatic hydroxyl groups excluding tert-OH is 1. The molecular formula is C16H24N2O2S. The molecule has 0 unspecified atom stereocenters. The summed E-state index contributed by atoms with van der Waals surface area (Å²) in [5.74, 6) is 2.23. The smallest absolute Gasteiger partial charge is 0.237 e. The van der Waals surface area contributed by atoms with Crippen LogP contribution in [0.3, 0.4) is 0 Å². The van der Waals surface area contributed by atoms with Crippen molar-refractivity contribution < 1.29 is 9.90 Å². The van der Waals surface area contributed by atoms with Crippen molar-refractivity contribution in [1.29, 1.82) is 0 Å². The fourth-order valence-electron chi connectivity index (χ4n) is 2.56. The Bertz CT molecular complexity index is 435. The standard InChI is InChI=1S/C16H24N2O2S/c1-13(18-8-11-21-12-9-18)16(20)17-15(7-10-19)14-5-3-2-4-6-14/h2-6,13,15,19H,7-12H2,1H3,(H,17,20)/t13-,15+/m1/s1. The lowest BCUT2D eigenvalue weighted by Gasteiger charge is -2.32. The first kappa shape index (κ1) is 16.3. The van der Waals surface area contributed by atoms with Crippen LogP contribution >= 0.6 is 11.8 Å². The van der Waals surface area contributed by atoms with Crippen LogP contribution < -0.4 is 5.32 Å². The molecule has 116 valence electrons. The fraction of sp³-hybridized carbons (Fsp3) is 0.562. The van der Waals surface area contributed by atoms with E-state index in [0.717, 1.165) is 30.2 Å². The van der Waals surface area contributed by atoms with Gasteiger partial charge in [-0.15, -0.1) is 0 Å². The van der Waals surface area contributed by atoms with Gasteiger partial charge in [-0.25, -0.2) is 0 Å². The van der Waals surface area contributed by atoms with E-state index in [0.29, 0.717) is 6.42 Å². The Morgan fingerprint density at radius 1 is 1.33 bits per heavy atom. The zero-order valence-electron chi connectivity index (χ0n) is 12.5. The average Bonchev–Trinajstić information content (AvgIpc) is 2.55. The van der Waals surface area contributed by atoms with Gasteiger partial charge >= 0.3 is 0 Å². The Morgan fingerprint density at radius 3 is 2.62 bits per heavy atom. The number of carbonyl (C=O) groups excluding carboxylic acids is 1. The molecule has 2 rings (SSSR count). The number of aliphatic hydroxyl groups is 1. The molecular weight excluding hydrogens is 284 g/mol. The summed E-state index contributed by atoms with van der Waals surface area (Å²) in [5.41, 5.74) is 1.04. The number of nitrogens with zero attached hydrogens (tertiary/aromatic N) is 1. The molecule has 0 bridgehead atoms. The van der Waals surface area contributed by atoms with E-state index in [4.69, 9.17) is 0 Å². The second kappa shape index (κ2) is 8.41. The van der Waals surface area contributed by atoms with Gasteiger partial charge in [-0.3, -0.25) is 9.69 Å². The van der Waals surface area contributed by atoms with Crippen molar-refractivity contribution in [2.45, 2.75) is 25.4 Å². The summed E-state index contributed by atoms with van der Waals surface area (Å²) >= 11 is 1.94. The quantitative estimate of drug-likeness (QED) is 0.839. The van der Waals surface area contributed by atoms with Crippen LogP contribution in [0.15, 0.2) is 30.3 Å². The molecule has 5 heteroatoms. The van der Waals surface area contributed by atoms with E-state index < -0.39 is 0 Å². The van der Waals surface area contributed by atoms with Crippen molar-refractivity contribution in [2.24, 2.45) is 0 Å². The number of nitrogens with one attached hydrogen (secondary N) is 1. The number of benzene rings is 1. The average molecular weight is 308 g/mol. The minimum absolute atomic E-state index is 0.0456. The topological polar surface area (TPSA) is 52.6 Å². The zero-order valence-corrected chi connectivity index (χ0v) is 13.3. The summed E-state index contributed by atoms with van der Waals surface area (Å²) in [7, 11) is 0. The second-order valence-electron chi connectivity index (χ2n) is 5.31. The number of rotatable bonds is 6. The van der Waals surface area contributed by atoms with Crippen LogP contribution in [0.4, 0.5) is 0 Å². The van der Waals surface area contributed by atoms with Crippen LogP contribution in [0, 0.1) is 0 Å². The molecule has 0 aromatic heterocycles. The van der Waals surface area contributed by atoms with E-state index in [1.54, 1.807) is 0 Å². The predicted molar refractivity (Wildman–Crippen MR) is 87.4 cm³/mol. The van der Waals surface area contributed by atoms with Crippen LogP contribution in [-0.4, -0.2) is 53.2 Å². The van der Waals surface area contributed by atoms with E-state index in [1.807, 2.05) is 49.0 Å². The molecule has 21 heavy (non-hydrogen) atoms. The van der Waals surface area contributed by atoms with Gasteiger partial charge in [0, 0.05) is 31.2 Å². The highest BCUT2D eigenvalue weighted by Crippen LogP contribution is 2.18. The number of amides is 1. The molecule has 1 aromatic rings. The minimum atomic E-state index is -0.120. The van der Waals surface area contributed by atoms with Crippen LogP contribution in [0.25, 0.3) is 0 Å². The van der Waals surface area contributed by atoms with Gasteiger partial charge in [0.15, 0.2) is 0 Å². The van der Waals surface area contributed by atoms with Crippen LogP contribution in [0.1, 0.15) is 24.9 Å². The van der Waals surface area contributed by atoms with Crippen molar-refractivity contribution in [1.82, 2.24) is 10.2 Å². The molecule has 0 radical (unpaired) electrons. The molecule has 0 saturated carbocycles. The normalized spacial score (nSPS) is 19.0. The molecule has 1 aromatic carbocycles. The maximum atomic E-state index is 12.5. The Hall–Kier alpha value is -1.04. The monoisotopic (exact) mass is 308 g/mol.